The molecule has 0 aliphatic heterocycles. The normalized spacial score (nSPS) is 11.4. The first-order valence-electron chi connectivity index (χ1n) is 7.58. The zero-order valence-electron chi connectivity index (χ0n) is 13.5. The molecule has 0 unspecified atom stereocenters. The molecule has 0 bridgehead atoms. The number of hydrogen-bond acceptors (Lipinski definition) is 2. The monoisotopic (exact) mass is 363 g/mol. The van der Waals surface area contributed by atoms with Crippen LogP contribution in [0.25, 0.3) is 16.8 Å². The fraction of sp³-hybridized carbons (Fsp3) is 0.105. The number of pyridine rings is 1. The van der Waals surface area contributed by atoms with Crippen LogP contribution in [-0.4, -0.2) is 10.9 Å². The maximum atomic E-state index is 13.1. The molecule has 0 spiro atoms. The summed E-state index contributed by atoms with van der Waals surface area (Å²) in [5.41, 5.74) is 2.13. The number of aryl methyl sites for hydroxylation is 1. The predicted octanol–water partition coefficient (Wildman–Crippen LogP) is 4.85. The second-order valence-corrected chi connectivity index (χ2v) is 5.63. The molecule has 134 valence electrons. The lowest BCUT2D eigenvalue weighted by Gasteiger charge is -2.13. The number of alkyl halides is 3. The van der Waals surface area contributed by atoms with Crippen LogP contribution in [0.5, 0.6) is 5.75 Å². The van der Waals surface area contributed by atoms with Crippen LogP contribution >= 0.6 is 0 Å². The molecule has 0 fully saturated rings. The number of hydrogen-bond donors (Lipinski definition) is 0. The van der Waals surface area contributed by atoms with Gasteiger partial charge in [0.25, 0.3) is 5.56 Å². The quantitative estimate of drug-likeness (QED) is 0.623. The highest BCUT2D eigenvalue weighted by molar-refractivity contribution is 5.67. The van der Waals surface area contributed by atoms with Gasteiger partial charge >= 0.3 is 6.36 Å². The van der Waals surface area contributed by atoms with Crippen molar-refractivity contribution in [2.24, 2.45) is 0 Å². The van der Waals surface area contributed by atoms with E-state index in [1.165, 1.54) is 59.2 Å². The van der Waals surface area contributed by atoms with Gasteiger partial charge in [0.05, 0.1) is 0 Å². The Morgan fingerprint density at radius 2 is 1.58 bits per heavy atom. The molecular formula is C19H13F4NO2. The molecule has 3 aromatic rings. The fourth-order valence-corrected chi connectivity index (χ4v) is 2.57. The molecule has 7 heteroatoms. The molecule has 2 aromatic carbocycles. The molecule has 0 radical (unpaired) electrons. The zero-order chi connectivity index (χ0) is 18.9. The minimum absolute atomic E-state index is 0.296. The topological polar surface area (TPSA) is 31.2 Å². The van der Waals surface area contributed by atoms with Gasteiger partial charge in [-0.2, -0.15) is 0 Å². The van der Waals surface area contributed by atoms with Crippen molar-refractivity contribution >= 4 is 0 Å². The Morgan fingerprint density at radius 1 is 0.962 bits per heavy atom. The molecule has 0 N–H and O–H groups in total. The summed E-state index contributed by atoms with van der Waals surface area (Å²) in [6.45, 7) is 1.73. The van der Waals surface area contributed by atoms with Crippen molar-refractivity contribution < 1.29 is 22.3 Å². The molecular weight excluding hydrogens is 350 g/mol. The summed E-state index contributed by atoms with van der Waals surface area (Å²) >= 11 is 0. The summed E-state index contributed by atoms with van der Waals surface area (Å²) in [5.74, 6) is -0.750. The van der Waals surface area contributed by atoms with Gasteiger partial charge < -0.3 is 4.74 Å². The average Bonchev–Trinajstić information content (AvgIpc) is 2.56. The largest absolute Gasteiger partial charge is 0.573 e. The van der Waals surface area contributed by atoms with Gasteiger partial charge in [-0.1, -0.05) is 12.1 Å². The van der Waals surface area contributed by atoms with Gasteiger partial charge in [0.15, 0.2) is 0 Å². The summed E-state index contributed by atoms with van der Waals surface area (Å²) in [7, 11) is 0. The average molecular weight is 363 g/mol. The van der Waals surface area contributed by atoms with Crippen LogP contribution in [-0.2, 0) is 0 Å². The Labute approximate surface area is 146 Å². The van der Waals surface area contributed by atoms with E-state index in [0.717, 1.165) is 0 Å². The Bertz CT molecular complexity index is 974. The number of aromatic nitrogens is 1. The Morgan fingerprint density at radius 3 is 2.15 bits per heavy atom. The number of rotatable bonds is 3. The minimum Gasteiger partial charge on any atom is -0.406 e. The second-order valence-electron chi connectivity index (χ2n) is 5.63. The highest BCUT2D eigenvalue weighted by Crippen LogP contribution is 2.28. The molecule has 3 nitrogen and oxygen atoms in total. The predicted molar refractivity (Wildman–Crippen MR) is 88.9 cm³/mol. The second kappa shape index (κ2) is 6.67. The van der Waals surface area contributed by atoms with E-state index in [2.05, 4.69) is 4.74 Å². The Balaban J connectivity index is 2.01. The van der Waals surface area contributed by atoms with Crippen molar-refractivity contribution in [3.63, 3.8) is 0 Å². The molecule has 0 atom stereocenters. The van der Waals surface area contributed by atoms with E-state index < -0.39 is 12.2 Å². The van der Waals surface area contributed by atoms with Crippen LogP contribution < -0.4 is 10.3 Å². The van der Waals surface area contributed by atoms with Gasteiger partial charge in [0.2, 0.25) is 0 Å². The van der Waals surface area contributed by atoms with Crippen molar-refractivity contribution in [3.05, 3.63) is 82.5 Å². The van der Waals surface area contributed by atoms with Gasteiger partial charge in [-0.25, -0.2) is 4.39 Å². The molecule has 0 amide bonds. The van der Waals surface area contributed by atoms with Crippen LogP contribution in [0.15, 0.2) is 65.6 Å². The molecule has 0 aliphatic rings. The first kappa shape index (κ1) is 17.7. The van der Waals surface area contributed by atoms with E-state index in [-0.39, 0.29) is 11.3 Å². The zero-order valence-corrected chi connectivity index (χ0v) is 13.5. The number of benzene rings is 2. The van der Waals surface area contributed by atoms with E-state index in [0.29, 0.717) is 22.4 Å². The lowest BCUT2D eigenvalue weighted by atomic mass is 10.0. The van der Waals surface area contributed by atoms with Gasteiger partial charge in [-0.05, 0) is 54.4 Å². The summed E-state index contributed by atoms with van der Waals surface area (Å²) < 4.78 is 55.1. The highest BCUT2D eigenvalue weighted by atomic mass is 19.4. The molecule has 1 aromatic heterocycles. The van der Waals surface area contributed by atoms with E-state index in [1.807, 2.05) is 0 Å². The Hall–Kier alpha value is -3.09. The van der Waals surface area contributed by atoms with Crippen molar-refractivity contribution in [1.29, 1.82) is 0 Å². The van der Waals surface area contributed by atoms with E-state index in [4.69, 9.17) is 0 Å². The van der Waals surface area contributed by atoms with Crippen molar-refractivity contribution in [2.45, 2.75) is 13.3 Å². The SMILES string of the molecule is Cc1cc(=O)n(-c2ccc(F)cc2)cc1-c1ccc(OC(F)(F)F)cc1. The smallest absolute Gasteiger partial charge is 0.406 e. The summed E-state index contributed by atoms with van der Waals surface area (Å²) in [6.07, 6.45) is -3.18. The van der Waals surface area contributed by atoms with E-state index in [9.17, 15) is 22.4 Å². The van der Waals surface area contributed by atoms with Gasteiger partial charge in [-0.3, -0.25) is 9.36 Å². The van der Waals surface area contributed by atoms with Crippen LogP contribution in [0, 0.1) is 12.7 Å². The third kappa shape index (κ3) is 3.93. The minimum atomic E-state index is -4.76. The van der Waals surface area contributed by atoms with Gasteiger partial charge in [0.1, 0.15) is 11.6 Å². The van der Waals surface area contributed by atoms with Gasteiger partial charge in [-0.15, -0.1) is 13.2 Å². The first-order chi connectivity index (χ1) is 12.2. The molecule has 0 saturated heterocycles. The van der Waals surface area contributed by atoms with Crippen LogP contribution in [0.3, 0.4) is 0 Å². The van der Waals surface area contributed by atoms with E-state index in [1.54, 1.807) is 13.1 Å². The summed E-state index contributed by atoms with van der Waals surface area (Å²) in [6, 6.07) is 12.2. The summed E-state index contributed by atoms with van der Waals surface area (Å²) in [5, 5.41) is 0. The fourth-order valence-electron chi connectivity index (χ4n) is 2.57. The van der Waals surface area contributed by atoms with Gasteiger partial charge in [0, 0.05) is 23.5 Å². The van der Waals surface area contributed by atoms with Crippen molar-refractivity contribution in [3.8, 4) is 22.6 Å². The number of nitrogens with zero attached hydrogens (tertiary/aromatic N) is 1. The molecule has 26 heavy (non-hydrogen) atoms. The lowest BCUT2D eigenvalue weighted by molar-refractivity contribution is -0.274. The first-order valence-corrected chi connectivity index (χ1v) is 7.58. The highest BCUT2D eigenvalue weighted by Gasteiger charge is 2.31. The van der Waals surface area contributed by atoms with Crippen LogP contribution in [0.1, 0.15) is 5.56 Å². The number of halogens is 4. The summed E-state index contributed by atoms with van der Waals surface area (Å²) in [4.78, 5) is 12.2. The third-order valence-corrected chi connectivity index (χ3v) is 3.76. The standard InChI is InChI=1S/C19H13F4NO2/c1-12-10-18(25)24(15-6-4-14(20)5-7-15)11-17(12)13-2-8-16(9-3-13)26-19(21,22)23/h2-11H,1H3. The molecule has 3 rings (SSSR count). The van der Waals surface area contributed by atoms with Crippen LogP contribution in [0.2, 0.25) is 0 Å². The molecule has 0 saturated carbocycles. The van der Waals surface area contributed by atoms with E-state index >= 15 is 0 Å². The Kier molecular flexibility index (Phi) is 4.54. The maximum Gasteiger partial charge on any atom is 0.573 e. The maximum absolute atomic E-state index is 13.1. The van der Waals surface area contributed by atoms with Crippen molar-refractivity contribution in [1.82, 2.24) is 4.57 Å². The molecule has 0 aliphatic carbocycles. The third-order valence-electron chi connectivity index (χ3n) is 3.76. The number of ether oxygens (including phenoxy) is 1. The van der Waals surface area contributed by atoms with Crippen LogP contribution in [0.4, 0.5) is 17.6 Å². The molecule has 1 heterocycles. The lowest BCUT2D eigenvalue weighted by Crippen LogP contribution is -2.18. The van der Waals surface area contributed by atoms with Crippen molar-refractivity contribution in [2.75, 3.05) is 0 Å².